The van der Waals surface area contributed by atoms with Crippen LogP contribution in [0.5, 0.6) is 0 Å². The molecule has 2 rings (SSSR count). The van der Waals surface area contributed by atoms with Crippen LogP contribution < -0.4 is 10.6 Å². The zero-order valence-electron chi connectivity index (χ0n) is 11.4. The molecule has 0 saturated carbocycles. The van der Waals surface area contributed by atoms with E-state index in [0.29, 0.717) is 31.6 Å². The molecule has 1 aliphatic heterocycles. The first-order valence-corrected chi connectivity index (χ1v) is 6.60. The lowest BCUT2D eigenvalue weighted by Gasteiger charge is -2.26. The molecule has 0 radical (unpaired) electrons. The van der Waals surface area contributed by atoms with Crippen LogP contribution in [0.4, 0.5) is 15.8 Å². The summed E-state index contributed by atoms with van der Waals surface area (Å²) in [5, 5.41) is 19.3. The largest absolute Gasteiger partial charge is 0.478 e. The summed E-state index contributed by atoms with van der Waals surface area (Å²) in [5.41, 5.74) is 4.67. The third-order valence-corrected chi connectivity index (χ3v) is 3.79. The van der Waals surface area contributed by atoms with Gasteiger partial charge in [0.1, 0.15) is 11.4 Å². The maximum Gasteiger partial charge on any atom is 0.340 e. The minimum atomic E-state index is -1.24. The van der Waals surface area contributed by atoms with Crippen LogP contribution >= 0.6 is 0 Å². The number of carboxylic acids is 1. The van der Waals surface area contributed by atoms with Crippen molar-refractivity contribution >= 4 is 17.3 Å². The van der Waals surface area contributed by atoms with Crippen LogP contribution in [0.3, 0.4) is 0 Å². The van der Waals surface area contributed by atoms with E-state index >= 15 is 0 Å². The molecule has 6 heteroatoms. The van der Waals surface area contributed by atoms with Crippen molar-refractivity contribution in [2.45, 2.75) is 31.8 Å². The Labute approximate surface area is 116 Å². The second-order valence-electron chi connectivity index (χ2n) is 5.50. The van der Waals surface area contributed by atoms with Crippen LogP contribution in [0.2, 0.25) is 0 Å². The molecule has 1 fully saturated rings. The van der Waals surface area contributed by atoms with Gasteiger partial charge < -0.3 is 20.8 Å². The van der Waals surface area contributed by atoms with Gasteiger partial charge in [-0.25, -0.2) is 9.18 Å². The fraction of sp³-hybridized carbons (Fsp3) is 0.500. The lowest BCUT2D eigenvalue weighted by molar-refractivity contribution is 0.0481. The van der Waals surface area contributed by atoms with Crippen LogP contribution in [0, 0.1) is 5.82 Å². The van der Waals surface area contributed by atoms with Gasteiger partial charge in [-0.05, 0) is 38.3 Å². The third kappa shape index (κ3) is 2.85. The Morgan fingerprint density at radius 2 is 2.10 bits per heavy atom. The Morgan fingerprint density at radius 1 is 1.40 bits per heavy atom. The number of aromatic carboxylic acids is 1. The van der Waals surface area contributed by atoms with Crippen molar-refractivity contribution in [2.24, 2.45) is 0 Å². The summed E-state index contributed by atoms with van der Waals surface area (Å²) in [6.07, 6.45) is 1.93. The van der Waals surface area contributed by atoms with Gasteiger partial charge in [0, 0.05) is 13.1 Å². The monoisotopic (exact) mass is 282 g/mol. The van der Waals surface area contributed by atoms with Gasteiger partial charge in [-0.3, -0.25) is 0 Å². The first-order valence-electron chi connectivity index (χ1n) is 6.60. The summed E-state index contributed by atoms with van der Waals surface area (Å²) in [4.78, 5) is 13.2. The van der Waals surface area contributed by atoms with Crippen LogP contribution in [0.25, 0.3) is 0 Å². The van der Waals surface area contributed by atoms with Crippen LogP contribution in [0.1, 0.15) is 36.5 Å². The van der Waals surface area contributed by atoms with Gasteiger partial charge >= 0.3 is 5.97 Å². The molecular weight excluding hydrogens is 263 g/mol. The predicted octanol–water partition coefficient (Wildman–Crippen LogP) is 1.85. The Bertz CT molecular complexity index is 531. The first-order chi connectivity index (χ1) is 9.32. The van der Waals surface area contributed by atoms with Gasteiger partial charge in [0.05, 0.1) is 17.0 Å². The van der Waals surface area contributed by atoms with Crippen molar-refractivity contribution in [3.05, 3.63) is 23.5 Å². The molecule has 0 aromatic heterocycles. The fourth-order valence-electron chi connectivity index (χ4n) is 2.58. The van der Waals surface area contributed by atoms with Gasteiger partial charge in [0.25, 0.3) is 0 Å². The molecule has 1 unspecified atom stereocenters. The summed E-state index contributed by atoms with van der Waals surface area (Å²) < 4.78 is 13.4. The van der Waals surface area contributed by atoms with Crippen LogP contribution in [-0.2, 0) is 0 Å². The minimum Gasteiger partial charge on any atom is -0.478 e. The Balaban J connectivity index is 2.38. The molecule has 0 aliphatic carbocycles. The van der Waals surface area contributed by atoms with Crippen molar-refractivity contribution in [1.82, 2.24) is 0 Å². The first kappa shape index (κ1) is 14.6. The number of benzene rings is 1. The second-order valence-corrected chi connectivity index (χ2v) is 5.50. The van der Waals surface area contributed by atoms with E-state index in [4.69, 9.17) is 5.73 Å². The van der Waals surface area contributed by atoms with Gasteiger partial charge in [-0.2, -0.15) is 0 Å². The number of aliphatic hydroxyl groups is 1. The maximum absolute atomic E-state index is 13.4. The normalized spacial score (nSPS) is 23.4. The average Bonchev–Trinajstić information content (AvgIpc) is 2.53. The smallest absolute Gasteiger partial charge is 0.340 e. The number of rotatable bonds is 2. The molecule has 1 aromatic carbocycles. The molecule has 0 spiro atoms. The highest BCUT2D eigenvalue weighted by Crippen LogP contribution is 2.31. The average molecular weight is 282 g/mol. The molecule has 1 aromatic rings. The van der Waals surface area contributed by atoms with Gasteiger partial charge in [-0.1, -0.05) is 0 Å². The quantitative estimate of drug-likeness (QED) is 0.721. The summed E-state index contributed by atoms with van der Waals surface area (Å²) in [6, 6.07) is 2.62. The van der Waals surface area contributed by atoms with Crippen molar-refractivity contribution in [1.29, 1.82) is 0 Å². The number of hydrogen-bond acceptors (Lipinski definition) is 4. The molecule has 1 heterocycles. The standard InChI is InChI=1S/C14H19FN2O3/c1-14(20)5-2-7-17(8-6-14)10-4-3-9(15)12(16)11(10)13(18)19/h3-4,20H,2,5-8,16H2,1H3,(H,18,19). The number of hydrogen-bond donors (Lipinski definition) is 3. The summed E-state index contributed by atoms with van der Waals surface area (Å²) in [6.45, 7) is 2.90. The highest BCUT2D eigenvalue weighted by Gasteiger charge is 2.28. The van der Waals surface area contributed by atoms with E-state index in [1.54, 1.807) is 6.92 Å². The van der Waals surface area contributed by atoms with Crippen molar-refractivity contribution in [3.63, 3.8) is 0 Å². The van der Waals surface area contributed by atoms with E-state index in [9.17, 15) is 19.4 Å². The van der Waals surface area contributed by atoms with Crippen molar-refractivity contribution in [3.8, 4) is 0 Å². The predicted molar refractivity (Wildman–Crippen MR) is 74.5 cm³/mol. The molecule has 1 saturated heterocycles. The highest BCUT2D eigenvalue weighted by molar-refractivity contribution is 6.00. The van der Waals surface area contributed by atoms with E-state index in [0.717, 1.165) is 6.42 Å². The lowest BCUT2D eigenvalue weighted by atomic mass is 9.98. The van der Waals surface area contributed by atoms with Crippen molar-refractivity contribution in [2.75, 3.05) is 23.7 Å². The summed E-state index contributed by atoms with van der Waals surface area (Å²) in [7, 11) is 0. The highest BCUT2D eigenvalue weighted by atomic mass is 19.1. The van der Waals surface area contributed by atoms with Crippen LogP contribution in [-0.4, -0.2) is 34.9 Å². The zero-order chi connectivity index (χ0) is 14.9. The molecule has 0 amide bonds. The van der Waals surface area contributed by atoms with E-state index in [1.165, 1.54) is 12.1 Å². The molecule has 5 nitrogen and oxygen atoms in total. The Kier molecular flexibility index (Phi) is 3.85. The second kappa shape index (κ2) is 5.28. The van der Waals surface area contributed by atoms with E-state index in [1.807, 2.05) is 4.90 Å². The topological polar surface area (TPSA) is 86.8 Å². The number of nitrogens with two attached hydrogens (primary N) is 1. The summed E-state index contributed by atoms with van der Waals surface area (Å²) in [5.74, 6) is -1.97. The van der Waals surface area contributed by atoms with E-state index in [-0.39, 0.29) is 11.3 Å². The molecule has 1 aliphatic rings. The molecule has 20 heavy (non-hydrogen) atoms. The van der Waals surface area contributed by atoms with E-state index < -0.39 is 17.4 Å². The molecule has 1 atom stereocenters. The number of carboxylic acid groups (broad SMARTS) is 1. The van der Waals surface area contributed by atoms with Gasteiger partial charge in [-0.15, -0.1) is 0 Å². The van der Waals surface area contributed by atoms with Crippen LogP contribution in [0.15, 0.2) is 12.1 Å². The number of nitrogens with zero attached hydrogens (tertiary/aromatic N) is 1. The third-order valence-electron chi connectivity index (χ3n) is 3.79. The molecule has 0 bridgehead atoms. The molecule has 110 valence electrons. The van der Waals surface area contributed by atoms with Gasteiger partial charge in [0.2, 0.25) is 0 Å². The SMILES string of the molecule is CC1(O)CCCN(c2ccc(F)c(N)c2C(=O)O)CC1. The van der Waals surface area contributed by atoms with Crippen molar-refractivity contribution < 1.29 is 19.4 Å². The number of carbonyl (C=O) groups is 1. The summed E-state index contributed by atoms with van der Waals surface area (Å²) >= 11 is 0. The lowest BCUT2D eigenvalue weighted by Crippen LogP contribution is -2.29. The zero-order valence-corrected chi connectivity index (χ0v) is 11.4. The maximum atomic E-state index is 13.4. The Morgan fingerprint density at radius 3 is 2.75 bits per heavy atom. The molecular formula is C14H19FN2O3. The number of anilines is 2. The van der Waals surface area contributed by atoms with E-state index in [2.05, 4.69) is 0 Å². The number of nitrogen functional groups attached to an aromatic ring is 1. The Hall–Kier alpha value is -1.82. The van der Waals surface area contributed by atoms with Gasteiger partial charge in [0.15, 0.2) is 0 Å². The fourth-order valence-corrected chi connectivity index (χ4v) is 2.58. The number of halogens is 1. The minimum absolute atomic E-state index is 0.202. The molecule has 4 N–H and O–H groups in total.